The van der Waals surface area contributed by atoms with Crippen LogP contribution in [-0.2, 0) is 15.4 Å². The summed E-state index contributed by atoms with van der Waals surface area (Å²) < 4.78 is 26.5. The van der Waals surface area contributed by atoms with E-state index in [1.165, 1.54) is 5.56 Å². The van der Waals surface area contributed by atoms with Crippen molar-refractivity contribution >= 4 is 27.2 Å². The first-order valence-electron chi connectivity index (χ1n) is 9.49. The predicted molar refractivity (Wildman–Crippen MR) is 111 cm³/mol. The zero-order chi connectivity index (χ0) is 19.2. The molecule has 1 aromatic rings. The number of hydrogen-bond acceptors (Lipinski definition) is 4. The topological polar surface area (TPSA) is 71.1 Å². The van der Waals surface area contributed by atoms with Gasteiger partial charge >= 0.3 is 0 Å². The van der Waals surface area contributed by atoms with E-state index in [0.29, 0.717) is 12.5 Å². The Kier molecular flexibility index (Phi) is 7.55. The SMILES string of the molecule is CCNC(=S)C1(c2cccnc2)CCC(CCNS(=O)(=O)C(C)C)CC1. The Morgan fingerprint density at radius 2 is 2.08 bits per heavy atom. The second-order valence-corrected chi connectivity index (χ2v) is 10.1. The van der Waals surface area contributed by atoms with Crippen molar-refractivity contribution in [3.63, 3.8) is 0 Å². The number of nitrogens with zero attached hydrogens (tertiary/aromatic N) is 1. The summed E-state index contributed by atoms with van der Waals surface area (Å²) in [7, 11) is -3.17. The fourth-order valence-corrected chi connectivity index (χ4v) is 4.86. The minimum Gasteiger partial charge on any atom is -0.379 e. The number of likely N-dealkylation sites (N-methyl/N-ethyl adjacent to an activating group) is 1. The maximum Gasteiger partial charge on any atom is 0.213 e. The van der Waals surface area contributed by atoms with E-state index >= 15 is 0 Å². The number of thiocarbonyl (C=S) groups is 1. The summed E-state index contributed by atoms with van der Waals surface area (Å²) in [5.41, 5.74) is 1.04. The van der Waals surface area contributed by atoms with Gasteiger partial charge in [0.25, 0.3) is 0 Å². The van der Waals surface area contributed by atoms with Crippen LogP contribution >= 0.6 is 12.2 Å². The van der Waals surface area contributed by atoms with Gasteiger partial charge in [-0.05, 0) is 70.4 Å². The monoisotopic (exact) mass is 397 g/mol. The van der Waals surface area contributed by atoms with Gasteiger partial charge in [0.05, 0.1) is 10.2 Å². The molecule has 0 aliphatic heterocycles. The largest absolute Gasteiger partial charge is 0.379 e. The van der Waals surface area contributed by atoms with Crippen LogP contribution in [0.1, 0.15) is 58.4 Å². The average molecular weight is 398 g/mol. The summed E-state index contributed by atoms with van der Waals surface area (Å²) in [6.07, 6.45) is 8.65. The van der Waals surface area contributed by atoms with Crippen molar-refractivity contribution in [1.29, 1.82) is 0 Å². The van der Waals surface area contributed by atoms with Crippen molar-refractivity contribution < 1.29 is 8.42 Å². The first kappa shape index (κ1) is 21.3. The van der Waals surface area contributed by atoms with E-state index in [1.54, 1.807) is 20.0 Å². The predicted octanol–water partition coefficient (Wildman–Crippen LogP) is 3.16. The van der Waals surface area contributed by atoms with Crippen molar-refractivity contribution in [2.24, 2.45) is 5.92 Å². The van der Waals surface area contributed by atoms with Gasteiger partial charge in [0.2, 0.25) is 10.0 Å². The number of aromatic nitrogens is 1. The van der Waals surface area contributed by atoms with E-state index < -0.39 is 10.0 Å². The quantitative estimate of drug-likeness (QED) is 0.659. The fraction of sp³-hybridized carbons (Fsp3) is 0.684. The summed E-state index contributed by atoms with van der Waals surface area (Å²) in [6.45, 7) is 6.80. The van der Waals surface area contributed by atoms with Crippen molar-refractivity contribution in [1.82, 2.24) is 15.0 Å². The molecule has 1 aromatic heterocycles. The molecule has 0 aromatic carbocycles. The Labute approximate surface area is 163 Å². The van der Waals surface area contributed by atoms with E-state index in [9.17, 15) is 8.42 Å². The second-order valence-electron chi connectivity index (χ2n) is 7.40. The highest BCUT2D eigenvalue weighted by Crippen LogP contribution is 2.43. The van der Waals surface area contributed by atoms with Gasteiger partial charge in [-0.25, -0.2) is 13.1 Å². The molecular weight excluding hydrogens is 366 g/mol. The molecule has 0 spiro atoms. The van der Waals surface area contributed by atoms with E-state index in [1.807, 2.05) is 12.3 Å². The zero-order valence-electron chi connectivity index (χ0n) is 16.0. The molecule has 0 unspecified atom stereocenters. The first-order chi connectivity index (χ1) is 12.3. The normalized spacial score (nSPS) is 23.8. The van der Waals surface area contributed by atoms with Crippen LogP contribution in [0.3, 0.4) is 0 Å². The summed E-state index contributed by atoms with van der Waals surface area (Å²) in [4.78, 5) is 5.20. The molecular formula is C19H31N3O2S2. The Morgan fingerprint density at radius 3 is 2.62 bits per heavy atom. The molecule has 0 amide bonds. The molecule has 5 nitrogen and oxygen atoms in total. The highest BCUT2D eigenvalue weighted by atomic mass is 32.2. The number of pyridine rings is 1. The smallest absolute Gasteiger partial charge is 0.213 e. The lowest BCUT2D eigenvalue weighted by Gasteiger charge is -2.41. The van der Waals surface area contributed by atoms with E-state index in [0.717, 1.165) is 43.6 Å². The molecule has 0 atom stereocenters. The fourth-order valence-electron chi connectivity index (χ4n) is 3.65. The van der Waals surface area contributed by atoms with Gasteiger partial charge in [-0.2, -0.15) is 0 Å². The number of sulfonamides is 1. The van der Waals surface area contributed by atoms with E-state index in [-0.39, 0.29) is 10.7 Å². The van der Waals surface area contributed by atoms with Crippen molar-refractivity contribution in [2.75, 3.05) is 13.1 Å². The third kappa shape index (κ3) is 5.02. The summed E-state index contributed by atoms with van der Waals surface area (Å²) in [5.74, 6) is 0.527. The summed E-state index contributed by atoms with van der Waals surface area (Å²) >= 11 is 5.74. The van der Waals surface area contributed by atoms with Crippen LogP contribution in [0.25, 0.3) is 0 Å². The Hall–Kier alpha value is -1.05. The molecule has 1 aliphatic carbocycles. The zero-order valence-corrected chi connectivity index (χ0v) is 17.6. The van der Waals surface area contributed by atoms with Crippen molar-refractivity contribution in [3.8, 4) is 0 Å². The third-order valence-electron chi connectivity index (χ3n) is 5.42. The molecule has 2 rings (SSSR count). The van der Waals surface area contributed by atoms with Crippen LogP contribution in [0.4, 0.5) is 0 Å². The maximum atomic E-state index is 11.9. The van der Waals surface area contributed by atoms with Gasteiger partial charge in [0.1, 0.15) is 0 Å². The van der Waals surface area contributed by atoms with Crippen LogP contribution in [0.15, 0.2) is 24.5 Å². The van der Waals surface area contributed by atoms with Gasteiger partial charge in [-0.15, -0.1) is 0 Å². The lowest BCUT2D eigenvalue weighted by molar-refractivity contribution is 0.274. The lowest BCUT2D eigenvalue weighted by Crippen LogP contribution is -2.46. The molecule has 146 valence electrons. The summed E-state index contributed by atoms with van der Waals surface area (Å²) in [5, 5.41) is 2.97. The maximum absolute atomic E-state index is 11.9. The molecule has 26 heavy (non-hydrogen) atoms. The van der Waals surface area contributed by atoms with E-state index in [2.05, 4.69) is 28.0 Å². The van der Waals surface area contributed by atoms with Crippen LogP contribution in [0.2, 0.25) is 0 Å². The molecule has 7 heteroatoms. The van der Waals surface area contributed by atoms with Crippen LogP contribution in [0.5, 0.6) is 0 Å². The van der Waals surface area contributed by atoms with Crippen LogP contribution in [-0.4, -0.2) is 36.7 Å². The Morgan fingerprint density at radius 1 is 1.38 bits per heavy atom. The van der Waals surface area contributed by atoms with Gasteiger partial charge in [-0.3, -0.25) is 4.98 Å². The Bertz CT molecular complexity index is 682. The third-order valence-corrected chi connectivity index (χ3v) is 7.80. The Balaban J connectivity index is 1.99. The van der Waals surface area contributed by atoms with Crippen LogP contribution < -0.4 is 10.0 Å². The van der Waals surface area contributed by atoms with Gasteiger partial charge in [0.15, 0.2) is 0 Å². The van der Waals surface area contributed by atoms with Crippen LogP contribution in [0, 0.1) is 5.92 Å². The van der Waals surface area contributed by atoms with Gasteiger partial charge < -0.3 is 5.32 Å². The molecule has 2 N–H and O–H groups in total. The molecule has 0 bridgehead atoms. The lowest BCUT2D eigenvalue weighted by atomic mass is 9.66. The number of rotatable bonds is 8. The number of nitrogens with one attached hydrogen (secondary N) is 2. The highest BCUT2D eigenvalue weighted by molar-refractivity contribution is 7.90. The molecule has 1 aliphatic rings. The van der Waals surface area contributed by atoms with Crippen molar-refractivity contribution in [2.45, 2.75) is 63.5 Å². The minimum absolute atomic E-state index is 0.145. The summed E-state index contributed by atoms with van der Waals surface area (Å²) in [6, 6.07) is 4.09. The molecule has 1 saturated carbocycles. The average Bonchev–Trinajstić information content (AvgIpc) is 2.63. The second kappa shape index (κ2) is 9.24. The van der Waals surface area contributed by atoms with Crippen molar-refractivity contribution in [3.05, 3.63) is 30.1 Å². The number of hydrogen-bond donors (Lipinski definition) is 2. The molecule has 1 heterocycles. The minimum atomic E-state index is -3.17. The molecule has 0 radical (unpaired) electrons. The highest BCUT2D eigenvalue weighted by Gasteiger charge is 2.40. The standard InChI is InChI=1S/C19H31N3O2S2/c1-4-21-18(25)19(17-6-5-12-20-14-17)10-7-16(8-11-19)9-13-22-26(23,24)15(2)3/h5-6,12,14-16,22H,4,7-11,13H2,1-3H3,(H,21,25). The van der Waals surface area contributed by atoms with Gasteiger partial charge in [0, 0.05) is 30.9 Å². The van der Waals surface area contributed by atoms with Gasteiger partial charge in [-0.1, -0.05) is 18.3 Å². The molecule has 0 saturated heterocycles. The van der Waals surface area contributed by atoms with E-state index in [4.69, 9.17) is 12.2 Å². The molecule has 1 fully saturated rings. The first-order valence-corrected chi connectivity index (χ1v) is 11.4.